The fourth-order valence-electron chi connectivity index (χ4n) is 1.69. The fraction of sp³-hybridized carbons (Fsp3) is 0.0714. The molecule has 0 spiro atoms. The van der Waals surface area contributed by atoms with Gasteiger partial charge < -0.3 is 5.11 Å². The molecule has 0 unspecified atom stereocenters. The van der Waals surface area contributed by atoms with Gasteiger partial charge in [-0.25, -0.2) is 0 Å². The zero-order chi connectivity index (χ0) is 11.5. The molecule has 1 N–H and O–H groups in total. The number of rotatable bonds is 1. The Morgan fingerprint density at radius 3 is 2.50 bits per heavy atom. The Kier molecular flexibility index (Phi) is 2.61. The average Bonchev–Trinajstić information content (AvgIpc) is 2.29. The van der Waals surface area contributed by atoms with E-state index < -0.39 is 0 Å². The predicted octanol–water partition coefficient (Wildman–Crippen LogP) is 3.24. The van der Waals surface area contributed by atoms with Gasteiger partial charge in [0.25, 0.3) is 0 Å². The van der Waals surface area contributed by atoms with Crippen molar-refractivity contribution in [2.24, 2.45) is 0 Å². The first-order valence-electron chi connectivity index (χ1n) is 5.01. The molecule has 0 aromatic heterocycles. The summed E-state index contributed by atoms with van der Waals surface area (Å²) in [6.07, 6.45) is 0. The van der Waals surface area contributed by atoms with Crippen LogP contribution in [0, 0.1) is 18.3 Å². The summed E-state index contributed by atoms with van der Waals surface area (Å²) in [6.45, 7) is 2.02. The third kappa shape index (κ3) is 1.76. The summed E-state index contributed by atoms with van der Waals surface area (Å²) in [7, 11) is 0. The Morgan fingerprint density at radius 1 is 1.12 bits per heavy atom. The van der Waals surface area contributed by atoms with Gasteiger partial charge in [0, 0.05) is 0 Å². The van der Waals surface area contributed by atoms with E-state index in [4.69, 9.17) is 5.26 Å². The number of nitriles is 1. The molecule has 0 fully saturated rings. The molecule has 2 aromatic carbocycles. The minimum absolute atomic E-state index is 0.0308. The smallest absolute Gasteiger partial charge is 0.133 e. The molecule has 0 amide bonds. The lowest BCUT2D eigenvalue weighted by atomic mass is 9.99. The maximum absolute atomic E-state index is 9.62. The normalized spacial score (nSPS) is 9.75. The van der Waals surface area contributed by atoms with Crippen LogP contribution in [0.3, 0.4) is 0 Å². The molecular formula is C14H11NO. The Labute approximate surface area is 94.4 Å². The Morgan fingerprint density at radius 2 is 1.88 bits per heavy atom. The van der Waals surface area contributed by atoms with Crippen LogP contribution in [0.4, 0.5) is 0 Å². The van der Waals surface area contributed by atoms with E-state index in [1.807, 2.05) is 43.3 Å². The van der Waals surface area contributed by atoms with Crippen molar-refractivity contribution in [3.8, 4) is 22.9 Å². The summed E-state index contributed by atoms with van der Waals surface area (Å²) in [4.78, 5) is 0. The first-order valence-corrected chi connectivity index (χ1v) is 5.01. The highest BCUT2D eigenvalue weighted by atomic mass is 16.3. The average molecular weight is 209 g/mol. The molecule has 78 valence electrons. The number of aryl methyl sites for hydroxylation is 1. The van der Waals surface area contributed by atoms with Crippen LogP contribution >= 0.6 is 0 Å². The Balaban J connectivity index is 2.55. The summed E-state index contributed by atoms with van der Waals surface area (Å²) < 4.78 is 0. The molecule has 2 heteroatoms. The van der Waals surface area contributed by atoms with Crippen LogP contribution in [-0.2, 0) is 0 Å². The number of phenolic OH excluding ortho intramolecular Hbond substituents is 1. The summed E-state index contributed by atoms with van der Waals surface area (Å²) in [5.74, 6) is 0.0308. The molecule has 0 atom stereocenters. The highest BCUT2D eigenvalue weighted by Gasteiger charge is 2.05. The zero-order valence-electron chi connectivity index (χ0n) is 8.94. The van der Waals surface area contributed by atoms with Crippen LogP contribution in [0.1, 0.15) is 11.1 Å². The first-order chi connectivity index (χ1) is 7.72. The SMILES string of the molecule is Cc1ccccc1-c1ccc(C#N)c(O)c1. The van der Waals surface area contributed by atoms with Crippen LogP contribution < -0.4 is 0 Å². The molecule has 0 aliphatic heterocycles. The van der Waals surface area contributed by atoms with Crippen LogP contribution in [-0.4, -0.2) is 5.11 Å². The van der Waals surface area contributed by atoms with Crippen molar-refractivity contribution in [3.05, 3.63) is 53.6 Å². The number of phenols is 1. The molecule has 0 radical (unpaired) electrons. The second-order valence-electron chi connectivity index (χ2n) is 3.66. The van der Waals surface area contributed by atoms with E-state index in [0.29, 0.717) is 5.56 Å². The highest BCUT2D eigenvalue weighted by Crippen LogP contribution is 2.28. The van der Waals surface area contributed by atoms with Gasteiger partial charge in [-0.1, -0.05) is 30.3 Å². The van der Waals surface area contributed by atoms with Crippen molar-refractivity contribution in [1.82, 2.24) is 0 Å². The number of benzene rings is 2. The zero-order valence-corrected chi connectivity index (χ0v) is 8.94. The van der Waals surface area contributed by atoms with Gasteiger partial charge in [-0.3, -0.25) is 0 Å². The first kappa shape index (κ1) is 10.3. The van der Waals surface area contributed by atoms with Gasteiger partial charge in [-0.2, -0.15) is 5.26 Å². The second-order valence-corrected chi connectivity index (χ2v) is 3.66. The van der Waals surface area contributed by atoms with E-state index in [2.05, 4.69) is 0 Å². The molecule has 0 aliphatic carbocycles. The molecule has 0 bridgehead atoms. The quantitative estimate of drug-likeness (QED) is 0.783. The summed E-state index contributed by atoms with van der Waals surface area (Å²) in [6, 6.07) is 15.0. The monoisotopic (exact) mass is 209 g/mol. The van der Waals surface area contributed by atoms with Crippen molar-refractivity contribution in [2.45, 2.75) is 6.92 Å². The van der Waals surface area contributed by atoms with Gasteiger partial charge in [0.05, 0.1) is 5.56 Å². The Hall–Kier alpha value is -2.27. The van der Waals surface area contributed by atoms with Crippen LogP contribution in [0.25, 0.3) is 11.1 Å². The predicted molar refractivity (Wildman–Crippen MR) is 63.0 cm³/mol. The van der Waals surface area contributed by atoms with Gasteiger partial charge in [-0.15, -0.1) is 0 Å². The minimum atomic E-state index is 0.0308. The molecule has 0 saturated carbocycles. The third-order valence-corrected chi connectivity index (χ3v) is 2.57. The molecule has 2 rings (SSSR count). The summed E-state index contributed by atoms with van der Waals surface area (Å²) in [5, 5.41) is 18.3. The lowest BCUT2D eigenvalue weighted by Crippen LogP contribution is -1.84. The molecular weight excluding hydrogens is 198 g/mol. The van der Waals surface area contributed by atoms with E-state index >= 15 is 0 Å². The number of aromatic hydroxyl groups is 1. The van der Waals surface area contributed by atoms with Crippen LogP contribution in [0.2, 0.25) is 0 Å². The van der Waals surface area contributed by atoms with Gasteiger partial charge in [0.2, 0.25) is 0 Å². The summed E-state index contributed by atoms with van der Waals surface area (Å²) in [5.41, 5.74) is 3.45. The third-order valence-electron chi connectivity index (χ3n) is 2.57. The van der Waals surface area contributed by atoms with Crippen LogP contribution in [0.15, 0.2) is 42.5 Å². The van der Waals surface area contributed by atoms with Crippen molar-refractivity contribution >= 4 is 0 Å². The largest absolute Gasteiger partial charge is 0.507 e. The van der Waals surface area contributed by atoms with E-state index in [1.165, 1.54) is 0 Å². The van der Waals surface area contributed by atoms with E-state index in [0.717, 1.165) is 16.7 Å². The number of hydrogen-bond acceptors (Lipinski definition) is 2. The fourth-order valence-corrected chi connectivity index (χ4v) is 1.69. The second kappa shape index (κ2) is 4.08. The molecule has 0 aliphatic rings. The molecule has 0 saturated heterocycles. The topological polar surface area (TPSA) is 44.0 Å². The number of hydrogen-bond donors (Lipinski definition) is 1. The van der Waals surface area contributed by atoms with E-state index in [1.54, 1.807) is 12.1 Å². The van der Waals surface area contributed by atoms with E-state index in [9.17, 15) is 5.11 Å². The lowest BCUT2D eigenvalue weighted by Gasteiger charge is -2.06. The van der Waals surface area contributed by atoms with Gasteiger partial charge in [0.15, 0.2) is 0 Å². The summed E-state index contributed by atoms with van der Waals surface area (Å²) >= 11 is 0. The highest BCUT2D eigenvalue weighted by molar-refractivity contribution is 5.69. The van der Waals surface area contributed by atoms with Gasteiger partial charge in [-0.05, 0) is 35.7 Å². The van der Waals surface area contributed by atoms with Gasteiger partial charge in [0.1, 0.15) is 11.8 Å². The van der Waals surface area contributed by atoms with E-state index in [-0.39, 0.29) is 5.75 Å². The minimum Gasteiger partial charge on any atom is -0.507 e. The van der Waals surface area contributed by atoms with Crippen LogP contribution in [0.5, 0.6) is 5.75 Å². The maximum Gasteiger partial charge on any atom is 0.133 e. The standard InChI is InChI=1S/C14H11NO/c1-10-4-2-3-5-13(10)11-6-7-12(9-15)14(16)8-11/h2-8,16H,1H3. The Bertz CT molecular complexity index is 567. The lowest BCUT2D eigenvalue weighted by molar-refractivity contribution is 0.474. The van der Waals surface area contributed by atoms with Crippen molar-refractivity contribution in [2.75, 3.05) is 0 Å². The molecule has 2 aromatic rings. The van der Waals surface area contributed by atoms with Crippen molar-refractivity contribution in [3.63, 3.8) is 0 Å². The van der Waals surface area contributed by atoms with Crippen molar-refractivity contribution < 1.29 is 5.11 Å². The molecule has 0 heterocycles. The molecule has 16 heavy (non-hydrogen) atoms. The van der Waals surface area contributed by atoms with Crippen molar-refractivity contribution in [1.29, 1.82) is 5.26 Å². The molecule has 2 nitrogen and oxygen atoms in total. The van der Waals surface area contributed by atoms with Gasteiger partial charge >= 0.3 is 0 Å². The number of nitrogens with zero attached hydrogens (tertiary/aromatic N) is 1. The maximum atomic E-state index is 9.62.